The Morgan fingerprint density at radius 1 is 1.41 bits per heavy atom. The molecule has 0 saturated carbocycles. The van der Waals surface area contributed by atoms with E-state index in [-0.39, 0.29) is 11.2 Å². The van der Waals surface area contributed by atoms with Crippen molar-refractivity contribution in [1.82, 2.24) is 25.1 Å². The number of carbonyl (C=O) groups is 1. The molecule has 1 aromatic carbocycles. The fraction of sp³-hybridized carbons (Fsp3) is 0.579. The molecule has 8 heteroatoms. The van der Waals surface area contributed by atoms with Crippen LogP contribution in [0.15, 0.2) is 23.4 Å². The van der Waals surface area contributed by atoms with Crippen molar-refractivity contribution in [3.8, 4) is 11.4 Å². The number of tetrazole rings is 1. The minimum absolute atomic E-state index is 0.164. The summed E-state index contributed by atoms with van der Waals surface area (Å²) in [5, 5.41) is 12.4. The molecule has 1 aromatic heterocycles. The minimum atomic E-state index is -0.252. The Bertz CT molecular complexity index is 794. The lowest BCUT2D eigenvalue weighted by Crippen LogP contribution is -2.46. The summed E-state index contributed by atoms with van der Waals surface area (Å²) >= 11 is 1.39. The van der Waals surface area contributed by atoms with Crippen LogP contribution in [0, 0.1) is 6.92 Å². The maximum atomic E-state index is 13.0. The average molecular weight is 390 g/mol. The lowest BCUT2D eigenvalue weighted by molar-refractivity contribution is -0.134. The number of hydrogen-bond donors (Lipinski definition) is 0. The first-order valence-corrected chi connectivity index (χ1v) is 10.3. The third-order valence-corrected chi connectivity index (χ3v) is 6.04. The van der Waals surface area contributed by atoms with Crippen molar-refractivity contribution < 1.29 is 9.53 Å². The molecule has 7 nitrogen and oxygen atoms in total. The highest BCUT2D eigenvalue weighted by atomic mass is 32.2. The second-order valence-electron chi connectivity index (χ2n) is 6.90. The molecular weight excluding hydrogens is 362 g/mol. The monoisotopic (exact) mass is 389 g/mol. The van der Waals surface area contributed by atoms with Crippen LogP contribution in [-0.2, 0) is 4.79 Å². The molecule has 27 heavy (non-hydrogen) atoms. The zero-order chi connectivity index (χ0) is 19.4. The summed E-state index contributed by atoms with van der Waals surface area (Å²) in [6, 6.07) is 6.20. The first kappa shape index (κ1) is 19.7. The van der Waals surface area contributed by atoms with Gasteiger partial charge in [0.25, 0.3) is 0 Å². The zero-order valence-electron chi connectivity index (χ0n) is 16.4. The maximum Gasteiger partial charge on any atom is 0.236 e. The maximum absolute atomic E-state index is 13.0. The molecule has 2 aromatic rings. The molecule has 2 heterocycles. The molecule has 0 radical (unpaired) electrons. The second-order valence-corrected chi connectivity index (χ2v) is 8.21. The van der Waals surface area contributed by atoms with Gasteiger partial charge < -0.3 is 9.64 Å². The summed E-state index contributed by atoms with van der Waals surface area (Å²) in [5.41, 5.74) is 1.86. The molecule has 0 N–H and O–H groups in total. The summed E-state index contributed by atoms with van der Waals surface area (Å²) in [5.74, 6) is 0.855. The Morgan fingerprint density at radius 2 is 2.22 bits per heavy atom. The first-order chi connectivity index (χ1) is 13.0. The Hall–Kier alpha value is -2.09. The largest absolute Gasteiger partial charge is 0.494 e. The van der Waals surface area contributed by atoms with E-state index in [2.05, 4.69) is 22.4 Å². The van der Waals surface area contributed by atoms with Crippen LogP contribution >= 0.6 is 11.8 Å². The Balaban J connectivity index is 1.80. The number of amides is 1. The number of nitrogens with zero attached hydrogens (tertiary/aromatic N) is 5. The minimum Gasteiger partial charge on any atom is -0.494 e. The second kappa shape index (κ2) is 8.73. The molecular formula is C19H27N5O2S. The quantitative estimate of drug-likeness (QED) is 0.706. The van der Waals surface area contributed by atoms with Gasteiger partial charge in [-0.3, -0.25) is 4.79 Å². The number of aryl methyl sites for hydroxylation is 1. The van der Waals surface area contributed by atoms with Crippen LogP contribution in [0.2, 0.25) is 0 Å². The lowest BCUT2D eigenvalue weighted by atomic mass is 10.00. The van der Waals surface area contributed by atoms with Crippen LogP contribution in [0.4, 0.5) is 0 Å². The average Bonchev–Trinajstić information content (AvgIpc) is 3.15. The van der Waals surface area contributed by atoms with Gasteiger partial charge >= 0.3 is 0 Å². The van der Waals surface area contributed by atoms with Gasteiger partial charge in [-0.05, 0) is 67.7 Å². The fourth-order valence-electron chi connectivity index (χ4n) is 3.53. The summed E-state index contributed by atoms with van der Waals surface area (Å²) in [6.45, 7) is 6.94. The molecule has 0 aliphatic carbocycles. The van der Waals surface area contributed by atoms with E-state index in [1.54, 1.807) is 11.8 Å². The van der Waals surface area contributed by atoms with Crippen molar-refractivity contribution in [2.24, 2.45) is 0 Å². The molecule has 1 amide bonds. The normalized spacial score (nSPS) is 18.4. The van der Waals surface area contributed by atoms with E-state index >= 15 is 0 Å². The van der Waals surface area contributed by atoms with Gasteiger partial charge in [0.05, 0.1) is 12.4 Å². The van der Waals surface area contributed by atoms with Gasteiger partial charge in [0, 0.05) is 12.6 Å². The Kier molecular flexibility index (Phi) is 6.36. The molecule has 1 aliphatic rings. The molecule has 1 aliphatic heterocycles. The number of piperidine rings is 1. The SMILES string of the molecule is CCC1CCCCN1C(=O)C(C)Sc1nnnn1-c1cc(C)ccc1OC. The molecule has 146 valence electrons. The predicted octanol–water partition coefficient (Wildman–Crippen LogP) is 3.25. The standard InChI is InChI=1S/C19H27N5O2S/c1-5-15-8-6-7-11-23(15)18(25)14(3)27-19-20-21-22-24(19)16-12-13(2)9-10-17(16)26-4/h9-10,12,14-15H,5-8,11H2,1-4H3. The number of ether oxygens (including phenoxy) is 1. The number of methoxy groups -OCH3 is 1. The number of hydrogen-bond acceptors (Lipinski definition) is 6. The van der Waals surface area contributed by atoms with E-state index in [9.17, 15) is 4.79 Å². The van der Waals surface area contributed by atoms with Crippen molar-refractivity contribution in [3.05, 3.63) is 23.8 Å². The number of carbonyl (C=O) groups excluding carboxylic acids is 1. The van der Waals surface area contributed by atoms with Crippen molar-refractivity contribution in [1.29, 1.82) is 0 Å². The highest BCUT2D eigenvalue weighted by molar-refractivity contribution is 8.00. The topological polar surface area (TPSA) is 73.1 Å². The molecule has 0 bridgehead atoms. The molecule has 2 atom stereocenters. The summed E-state index contributed by atoms with van der Waals surface area (Å²) in [7, 11) is 1.62. The van der Waals surface area contributed by atoms with Crippen molar-refractivity contribution >= 4 is 17.7 Å². The van der Waals surface area contributed by atoms with Gasteiger partial charge in [0.2, 0.25) is 11.1 Å². The highest BCUT2D eigenvalue weighted by Crippen LogP contribution is 2.30. The van der Waals surface area contributed by atoms with E-state index in [1.807, 2.05) is 36.9 Å². The van der Waals surface area contributed by atoms with Gasteiger partial charge in [0.15, 0.2) is 0 Å². The van der Waals surface area contributed by atoms with Crippen LogP contribution < -0.4 is 4.74 Å². The number of rotatable bonds is 6. The summed E-state index contributed by atoms with van der Waals surface area (Å²) < 4.78 is 7.10. The lowest BCUT2D eigenvalue weighted by Gasteiger charge is -2.36. The zero-order valence-corrected chi connectivity index (χ0v) is 17.2. The highest BCUT2D eigenvalue weighted by Gasteiger charge is 2.30. The summed E-state index contributed by atoms with van der Waals surface area (Å²) in [4.78, 5) is 15.1. The van der Waals surface area contributed by atoms with Gasteiger partial charge in [-0.1, -0.05) is 24.8 Å². The third kappa shape index (κ3) is 4.26. The van der Waals surface area contributed by atoms with Crippen molar-refractivity contribution in [3.63, 3.8) is 0 Å². The molecule has 2 unspecified atom stereocenters. The van der Waals surface area contributed by atoms with E-state index < -0.39 is 0 Å². The van der Waals surface area contributed by atoms with Crippen molar-refractivity contribution in [2.45, 2.75) is 62.9 Å². The number of benzene rings is 1. The van der Waals surface area contributed by atoms with Crippen LogP contribution in [0.5, 0.6) is 5.75 Å². The van der Waals surface area contributed by atoms with Crippen LogP contribution in [0.1, 0.15) is 45.1 Å². The van der Waals surface area contributed by atoms with Crippen LogP contribution in [0.25, 0.3) is 5.69 Å². The third-order valence-electron chi connectivity index (χ3n) is 5.01. The molecule has 1 fully saturated rings. The van der Waals surface area contributed by atoms with E-state index in [4.69, 9.17) is 4.74 Å². The Labute approximate surface area is 164 Å². The van der Waals surface area contributed by atoms with Gasteiger partial charge in [-0.2, -0.15) is 4.68 Å². The number of thioether (sulfide) groups is 1. The van der Waals surface area contributed by atoms with Gasteiger partial charge in [-0.15, -0.1) is 5.10 Å². The number of likely N-dealkylation sites (tertiary alicyclic amines) is 1. The Morgan fingerprint density at radius 3 is 2.96 bits per heavy atom. The van der Waals surface area contributed by atoms with Crippen LogP contribution in [0.3, 0.4) is 0 Å². The van der Waals surface area contributed by atoms with Gasteiger partial charge in [-0.25, -0.2) is 0 Å². The first-order valence-electron chi connectivity index (χ1n) is 9.45. The van der Waals surface area contributed by atoms with Crippen LogP contribution in [-0.4, -0.2) is 56.0 Å². The van der Waals surface area contributed by atoms with Gasteiger partial charge in [0.1, 0.15) is 11.4 Å². The van der Waals surface area contributed by atoms with Crippen molar-refractivity contribution in [2.75, 3.05) is 13.7 Å². The summed E-state index contributed by atoms with van der Waals surface area (Å²) in [6.07, 6.45) is 4.38. The molecule has 1 saturated heterocycles. The van der Waals surface area contributed by atoms with E-state index in [0.29, 0.717) is 16.9 Å². The van der Waals surface area contributed by atoms with E-state index in [0.717, 1.165) is 37.1 Å². The molecule has 3 rings (SSSR count). The van der Waals surface area contributed by atoms with E-state index in [1.165, 1.54) is 18.2 Å². The number of aromatic nitrogens is 4. The molecule has 0 spiro atoms. The predicted molar refractivity (Wildman–Crippen MR) is 105 cm³/mol. The fourth-order valence-corrected chi connectivity index (χ4v) is 4.40. The smallest absolute Gasteiger partial charge is 0.236 e.